The van der Waals surface area contributed by atoms with E-state index in [9.17, 15) is 9.59 Å². The van der Waals surface area contributed by atoms with Gasteiger partial charge in [0.15, 0.2) is 0 Å². The average Bonchev–Trinajstić information content (AvgIpc) is 3.14. The Morgan fingerprint density at radius 1 is 1.00 bits per heavy atom. The molecular formula is C18H22N2O4S2. The summed E-state index contributed by atoms with van der Waals surface area (Å²) in [5.41, 5.74) is 1.06. The molecule has 2 heterocycles. The molecule has 0 unspecified atom stereocenters. The lowest BCUT2D eigenvalue weighted by Crippen LogP contribution is -2.57. The van der Waals surface area contributed by atoms with E-state index in [2.05, 4.69) is 9.97 Å². The predicted octanol–water partition coefficient (Wildman–Crippen LogP) is 3.26. The molecule has 0 spiro atoms. The molecule has 1 fully saturated rings. The highest BCUT2D eigenvalue weighted by molar-refractivity contribution is 7.09. The topological polar surface area (TPSA) is 78.4 Å². The third kappa shape index (κ3) is 4.29. The summed E-state index contributed by atoms with van der Waals surface area (Å²) in [6.45, 7) is 7.71. The van der Waals surface area contributed by atoms with Gasteiger partial charge in [0, 0.05) is 22.6 Å². The third-order valence-corrected chi connectivity index (χ3v) is 6.26. The van der Waals surface area contributed by atoms with E-state index in [1.165, 1.54) is 22.7 Å². The SMILES string of the molecule is Cc1nc(CC(=O)O[C@H]2C[C@@H](OC(=O)Cc3csc(C)n3)C2(C)C)cs1. The molecule has 0 aliphatic heterocycles. The Morgan fingerprint density at radius 3 is 1.73 bits per heavy atom. The van der Waals surface area contributed by atoms with E-state index in [0.717, 1.165) is 21.4 Å². The summed E-state index contributed by atoms with van der Waals surface area (Å²) in [5.74, 6) is -0.591. The lowest BCUT2D eigenvalue weighted by molar-refractivity contribution is -0.205. The van der Waals surface area contributed by atoms with E-state index in [4.69, 9.17) is 9.47 Å². The van der Waals surface area contributed by atoms with Crippen molar-refractivity contribution in [1.29, 1.82) is 0 Å². The minimum Gasteiger partial charge on any atom is -0.461 e. The number of ether oxygens (including phenoxy) is 2. The quantitative estimate of drug-likeness (QED) is 0.700. The highest BCUT2D eigenvalue weighted by atomic mass is 32.1. The number of aryl methyl sites for hydroxylation is 2. The van der Waals surface area contributed by atoms with Crippen LogP contribution in [-0.2, 0) is 31.9 Å². The van der Waals surface area contributed by atoms with Gasteiger partial charge in [-0.3, -0.25) is 9.59 Å². The highest BCUT2D eigenvalue weighted by Crippen LogP contribution is 2.45. The zero-order valence-corrected chi connectivity index (χ0v) is 16.9. The van der Waals surface area contributed by atoms with Gasteiger partial charge in [0.1, 0.15) is 12.2 Å². The fraction of sp³-hybridized carbons (Fsp3) is 0.556. The standard InChI is InChI=1S/C18H22N2O4S2/c1-10-19-12(8-25-10)5-16(21)23-14-7-15(18(14,3)4)24-17(22)6-13-9-26-11(2)20-13/h8-9,14-15H,5-7H2,1-4H3/t14-,15+. The molecule has 26 heavy (non-hydrogen) atoms. The van der Waals surface area contributed by atoms with E-state index in [-0.39, 0.29) is 37.0 Å². The largest absolute Gasteiger partial charge is 0.461 e. The van der Waals surface area contributed by atoms with Crippen LogP contribution in [0.4, 0.5) is 0 Å². The van der Waals surface area contributed by atoms with Crippen LogP contribution < -0.4 is 0 Å². The van der Waals surface area contributed by atoms with Gasteiger partial charge in [0.2, 0.25) is 0 Å². The van der Waals surface area contributed by atoms with Gasteiger partial charge in [-0.25, -0.2) is 9.97 Å². The zero-order chi connectivity index (χ0) is 18.9. The molecule has 3 rings (SSSR count). The lowest BCUT2D eigenvalue weighted by atomic mass is 9.66. The van der Waals surface area contributed by atoms with Crippen molar-refractivity contribution in [3.05, 3.63) is 32.2 Å². The van der Waals surface area contributed by atoms with Crippen molar-refractivity contribution in [3.8, 4) is 0 Å². The molecular weight excluding hydrogens is 372 g/mol. The third-order valence-electron chi connectivity index (χ3n) is 4.62. The monoisotopic (exact) mass is 394 g/mol. The van der Waals surface area contributed by atoms with Gasteiger partial charge in [-0.2, -0.15) is 0 Å². The van der Waals surface area contributed by atoms with Gasteiger partial charge in [-0.05, 0) is 13.8 Å². The van der Waals surface area contributed by atoms with Gasteiger partial charge in [0.05, 0.1) is 34.2 Å². The number of carbonyl (C=O) groups is 2. The molecule has 2 aromatic rings. The Labute approximate surface area is 160 Å². The summed E-state index contributed by atoms with van der Waals surface area (Å²) in [6, 6.07) is 0. The molecule has 8 heteroatoms. The Balaban J connectivity index is 1.47. The van der Waals surface area contributed by atoms with Crippen LogP contribution in [0.2, 0.25) is 0 Å². The predicted molar refractivity (Wildman–Crippen MR) is 99.3 cm³/mol. The molecule has 1 aliphatic rings. The first-order valence-corrected chi connectivity index (χ1v) is 10.2. The first-order valence-electron chi connectivity index (χ1n) is 8.45. The summed E-state index contributed by atoms with van der Waals surface area (Å²) < 4.78 is 11.1. The summed E-state index contributed by atoms with van der Waals surface area (Å²) in [4.78, 5) is 32.8. The number of aromatic nitrogens is 2. The normalized spacial score (nSPS) is 21.1. The number of hydrogen-bond acceptors (Lipinski definition) is 8. The van der Waals surface area contributed by atoms with Crippen molar-refractivity contribution in [3.63, 3.8) is 0 Å². The molecule has 6 nitrogen and oxygen atoms in total. The molecule has 2 atom stereocenters. The van der Waals surface area contributed by atoms with E-state index < -0.39 is 5.41 Å². The van der Waals surface area contributed by atoms with Crippen LogP contribution in [0.5, 0.6) is 0 Å². The molecule has 1 aliphatic carbocycles. The Hall–Kier alpha value is -1.80. The fourth-order valence-corrected chi connectivity index (χ4v) is 4.15. The number of hydrogen-bond donors (Lipinski definition) is 0. The second-order valence-electron chi connectivity index (χ2n) is 7.08. The van der Waals surface area contributed by atoms with Crippen molar-refractivity contribution < 1.29 is 19.1 Å². The second kappa shape index (κ2) is 7.44. The number of thiazole rings is 2. The summed E-state index contributed by atoms with van der Waals surface area (Å²) in [7, 11) is 0. The van der Waals surface area contributed by atoms with E-state index in [1.807, 2.05) is 38.5 Å². The molecule has 1 saturated carbocycles. The van der Waals surface area contributed by atoms with Crippen LogP contribution in [-0.4, -0.2) is 34.1 Å². The van der Waals surface area contributed by atoms with E-state index in [0.29, 0.717) is 6.42 Å². The maximum atomic E-state index is 12.1. The van der Waals surface area contributed by atoms with Crippen LogP contribution in [0.15, 0.2) is 10.8 Å². The Morgan fingerprint density at radius 2 is 1.42 bits per heavy atom. The first-order chi connectivity index (χ1) is 12.2. The Bertz CT molecular complexity index is 747. The van der Waals surface area contributed by atoms with Crippen molar-refractivity contribution in [2.24, 2.45) is 5.41 Å². The maximum Gasteiger partial charge on any atom is 0.312 e. The van der Waals surface area contributed by atoms with Gasteiger partial charge >= 0.3 is 11.9 Å². The zero-order valence-electron chi connectivity index (χ0n) is 15.3. The van der Waals surface area contributed by atoms with Crippen molar-refractivity contribution in [2.45, 2.75) is 59.2 Å². The molecule has 0 saturated heterocycles. The minimum absolute atomic E-state index is 0.171. The molecule has 0 aromatic carbocycles. The molecule has 0 radical (unpaired) electrons. The molecule has 0 amide bonds. The molecule has 2 aromatic heterocycles. The first kappa shape index (κ1) is 19.0. The summed E-state index contributed by atoms with van der Waals surface area (Å²) in [6.07, 6.45) is 0.356. The average molecular weight is 395 g/mol. The van der Waals surface area contributed by atoms with Gasteiger partial charge in [-0.1, -0.05) is 13.8 Å². The maximum absolute atomic E-state index is 12.1. The number of esters is 2. The van der Waals surface area contributed by atoms with Crippen LogP contribution in [0.1, 0.15) is 41.7 Å². The number of carbonyl (C=O) groups excluding carboxylic acids is 2. The second-order valence-corrected chi connectivity index (χ2v) is 9.21. The highest BCUT2D eigenvalue weighted by Gasteiger charge is 2.53. The fourth-order valence-electron chi connectivity index (χ4n) is 2.92. The van der Waals surface area contributed by atoms with Crippen LogP contribution in [0, 0.1) is 19.3 Å². The van der Waals surface area contributed by atoms with E-state index in [1.54, 1.807) is 0 Å². The number of rotatable bonds is 6. The smallest absolute Gasteiger partial charge is 0.312 e. The lowest BCUT2D eigenvalue weighted by Gasteiger charge is -2.49. The van der Waals surface area contributed by atoms with Gasteiger partial charge in [-0.15, -0.1) is 22.7 Å². The molecule has 140 valence electrons. The summed E-state index contributed by atoms with van der Waals surface area (Å²) >= 11 is 3.03. The molecule has 0 N–H and O–H groups in total. The van der Waals surface area contributed by atoms with Crippen LogP contribution in [0.25, 0.3) is 0 Å². The van der Waals surface area contributed by atoms with Gasteiger partial charge < -0.3 is 9.47 Å². The minimum atomic E-state index is -0.401. The summed E-state index contributed by atoms with van der Waals surface area (Å²) in [5, 5.41) is 5.60. The Kier molecular flexibility index (Phi) is 5.43. The molecule has 0 bridgehead atoms. The van der Waals surface area contributed by atoms with Crippen LogP contribution in [0.3, 0.4) is 0 Å². The van der Waals surface area contributed by atoms with Crippen molar-refractivity contribution in [1.82, 2.24) is 9.97 Å². The van der Waals surface area contributed by atoms with Crippen molar-refractivity contribution in [2.75, 3.05) is 0 Å². The van der Waals surface area contributed by atoms with Crippen LogP contribution >= 0.6 is 22.7 Å². The van der Waals surface area contributed by atoms with Crippen molar-refractivity contribution >= 4 is 34.6 Å². The number of nitrogens with zero attached hydrogens (tertiary/aromatic N) is 2. The van der Waals surface area contributed by atoms with Gasteiger partial charge in [0.25, 0.3) is 0 Å². The van der Waals surface area contributed by atoms with E-state index >= 15 is 0 Å².